The molecule has 18 nitrogen and oxygen atoms in total. The Hall–Kier alpha value is -6.56. The number of piperidine rings is 2. The number of halogens is 1. The number of fused-ring (bicyclic) bond motifs is 2. The molecule has 5 aliphatic heterocycles. The molecule has 298 valence electrons. The van der Waals surface area contributed by atoms with E-state index < -0.39 is 29.7 Å². The summed E-state index contributed by atoms with van der Waals surface area (Å²) in [4.78, 5) is 103. The Morgan fingerprint density at radius 1 is 0.966 bits per heavy atom. The van der Waals surface area contributed by atoms with Gasteiger partial charge in [-0.05, 0) is 54.7 Å². The van der Waals surface area contributed by atoms with Crippen LogP contribution in [0.5, 0.6) is 11.5 Å². The molecule has 2 fully saturated rings. The highest BCUT2D eigenvalue weighted by atomic mass is 35.5. The van der Waals surface area contributed by atoms with E-state index in [-0.39, 0.29) is 71.2 Å². The zero-order valence-electron chi connectivity index (χ0n) is 31.1. The van der Waals surface area contributed by atoms with Gasteiger partial charge in [-0.3, -0.25) is 48.3 Å². The largest absolute Gasteiger partial charge is 0.489 e. The van der Waals surface area contributed by atoms with Crippen LogP contribution in [0.3, 0.4) is 0 Å². The Labute approximate surface area is 334 Å². The highest BCUT2D eigenvalue weighted by molar-refractivity contribution is 6.33. The molecule has 0 radical (unpaired) electrons. The van der Waals surface area contributed by atoms with Crippen LogP contribution in [0.4, 0.5) is 17.5 Å². The first-order valence-electron chi connectivity index (χ1n) is 18.9. The normalized spacial score (nSPS) is 18.9. The lowest BCUT2D eigenvalue weighted by molar-refractivity contribution is -0.137. The van der Waals surface area contributed by atoms with Crippen molar-refractivity contribution in [2.24, 2.45) is 5.92 Å². The lowest BCUT2D eigenvalue weighted by Crippen LogP contribution is -2.54. The van der Waals surface area contributed by atoms with Crippen LogP contribution < -0.4 is 35.9 Å². The number of hydrogen-bond acceptors (Lipinski definition) is 13. The van der Waals surface area contributed by atoms with Crippen LogP contribution in [0.1, 0.15) is 57.5 Å². The Kier molecular flexibility index (Phi) is 9.21. The standard InChI is InChI=1S/C39H36ClN9O9/c1-41-31(51)18-58-29-13-20-10-23(14-28-32(20)48(38(29)56)8-9-57-28)43-33-26(40)15-42-39(45-33)46-6-4-19(5-7-46)35(53)47-16-21-11-24-25(12-22(21)17-47)37(55)49(36(24)54)27-2-3-30(50)44-34(27)52/h10-15,19,27H,2-9,16-18H2,1H3,(H,41,51)(H,42,43,45)(H,44,50,52). The first-order chi connectivity index (χ1) is 28.0. The number of carbonyl (C=O) groups is 6. The maximum atomic E-state index is 13.8. The van der Waals surface area contributed by atoms with Gasteiger partial charge in [-0.2, -0.15) is 4.98 Å². The average molecular weight is 810 g/mol. The van der Waals surface area contributed by atoms with E-state index in [1.807, 2.05) is 11.0 Å². The van der Waals surface area contributed by atoms with Crippen LogP contribution in [0.2, 0.25) is 5.02 Å². The van der Waals surface area contributed by atoms with E-state index in [0.29, 0.717) is 79.7 Å². The molecule has 0 bridgehead atoms. The highest BCUT2D eigenvalue weighted by Gasteiger charge is 2.46. The molecule has 7 heterocycles. The van der Waals surface area contributed by atoms with Crippen LogP contribution in [0.25, 0.3) is 10.9 Å². The summed E-state index contributed by atoms with van der Waals surface area (Å²) in [5.74, 6) is -1.61. The summed E-state index contributed by atoms with van der Waals surface area (Å²) in [6.45, 7) is 1.89. The number of pyridine rings is 1. The summed E-state index contributed by atoms with van der Waals surface area (Å²) in [5.41, 5.74) is 2.77. The third-order valence-corrected chi connectivity index (χ3v) is 11.5. The number of carbonyl (C=O) groups excluding carboxylic acids is 6. The van der Waals surface area contributed by atoms with Gasteiger partial charge in [-0.1, -0.05) is 11.6 Å². The molecular weight excluding hydrogens is 774 g/mol. The third kappa shape index (κ3) is 6.42. The molecule has 3 N–H and O–H groups in total. The van der Waals surface area contributed by atoms with Crippen LogP contribution in [0.15, 0.2) is 41.3 Å². The number of aromatic nitrogens is 3. The second-order valence-corrected chi connectivity index (χ2v) is 15.2. The lowest BCUT2D eigenvalue weighted by atomic mass is 9.95. The molecule has 1 unspecified atom stereocenters. The number of nitrogens with zero attached hydrogens (tertiary/aromatic N) is 6. The Bertz CT molecular complexity index is 2510. The smallest absolute Gasteiger partial charge is 0.293 e. The number of imide groups is 2. The zero-order chi connectivity index (χ0) is 40.4. The van der Waals surface area contributed by atoms with Crippen molar-refractivity contribution < 1.29 is 38.2 Å². The van der Waals surface area contributed by atoms with Crippen molar-refractivity contribution in [2.75, 3.05) is 43.6 Å². The number of benzene rings is 2. The molecule has 0 saturated carbocycles. The van der Waals surface area contributed by atoms with E-state index in [2.05, 4.69) is 20.9 Å². The summed E-state index contributed by atoms with van der Waals surface area (Å²) < 4.78 is 13.0. The average Bonchev–Trinajstić information content (AvgIpc) is 3.75. The number of likely N-dealkylation sites (N-methyl/N-ethyl adjacent to an activating group) is 1. The van der Waals surface area contributed by atoms with E-state index in [1.54, 1.807) is 33.7 Å². The van der Waals surface area contributed by atoms with Crippen molar-refractivity contribution in [1.29, 1.82) is 0 Å². The van der Waals surface area contributed by atoms with Crippen LogP contribution >= 0.6 is 11.6 Å². The molecule has 0 spiro atoms. The molecule has 1 atom stereocenters. The van der Waals surface area contributed by atoms with Crippen LogP contribution in [0, 0.1) is 5.92 Å². The minimum Gasteiger partial charge on any atom is -0.489 e. The van der Waals surface area contributed by atoms with Gasteiger partial charge in [-0.25, -0.2) is 4.98 Å². The van der Waals surface area contributed by atoms with E-state index in [1.165, 1.54) is 13.2 Å². The number of hydrogen-bond donors (Lipinski definition) is 3. The number of anilines is 3. The lowest BCUT2D eigenvalue weighted by Gasteiger charge is -2.33. The highest BCUT2D eigenvalue weighted by Crippen LogP contribution is 2.37. The monoisotopic (exact) mass is 809 g/mol. The maximum absolute atomic E-state index is 13.8. The van der Waals surface area contributed by atoms with Crippen LogP contribution in [-0.2, 0) is 38.8 Å². The van der Waals surface area contributed by atoms with Crippen LogP contribution in [-0.4, -0.2) is 99.2 Å². The molecule has 5 aliphatic rings. The van der Waals surface area contributed by atoms with Crippen molar-refractivity contribution in [3.05, 3.63) is 74.2 Å². The predicted molar refractivity (Wildman–Crippen MR) is 206 cm³/mol. The van der Waals surface area contributed by atoms with Gasteiger partial charge in [-0.15, -0.1) is 0 Å². The molecule has 2 aromatic heterocycles. The molecule has 2 saturated heterocycles. The van der Waals surface area contributed by atoms with E-state index in [4.69, 9.17) is 26.1 Å². The number of rotatable bonds is 8. The topological polar surface area (TPSA) is 214 Å². The van der Waals surface area contributed by atoms with Crippen molar-refractivity contribution in [3.8, 4) is 11.5 Å². The fraction of sp³-hybridized carbons (Fsp3) is 0.359. The van der Waals surface area contributed by atoms with E-state index >= 15 is 0 Å². The first kappa shape index (κ1) is 37.0. The predicted octanol–water partition coefficient (Wildman–Crippen LogP) is 1.87. The van der Waals surface area contributed by atoms with Gasteiger partial charge in [0, 0.05) is 62.7 Å². The van der Waals surface area contributed by atoms with Gasteiger partial charge in [0.15, 0.2) is 18.2 Å². The van der Waals surface area contributed by atoms with Crippen molar-refractivity contribution in [3.63, 3.8) is 0 Å². The van der Waals surface area contributed by atoms with Gasteiger partial charge in [0.1, 0.15) is 23.4 Å². The fourth-order valence-electron chi connectivity index (χ4n) is 8.27. The molecule has 0 aliphatic carbocycles. The quantitative estimate of drug-likeness (QED) is 0.217. The van der Waals surface area contributed by atoms with E-state index in [9.17, 15) is 33.6 Å². The molecule has 19 heteroatoms. The Balaban J connectivity index is 0.854. The molecule has 9 rings (SSSR count). The van der Waals surface area contributed by atoms with Gasteiger partial charge in [0.25, 0.3) is 23.3 Å². The van der Waals surface area contributed by atoms with Gasteiger partial charge in [0.05, 0.1) is 29.4 Å². The SMILES string of the molecule is CNC(=O)COc1cc2cc(Nc3nc(N4CCC(C(=O)N5Cc6cc7c(cc6C5)C(=O)N(C5CCC(=O)NC5=O)C7=O)CC4)ncc3Cl)cc3c2n(c1=O)CCO3. The fourth-order valence-corrected chi connectivity index (χ4v) is 8.41. The summed E-state index contributed by atoms with van der Waals surface area (Å²) >= 11 is 6.56. The van der Waals surface area contributed by atoms with E-state index in [0.717, 1.165) is 16.0 Å². The molecule has 58 heavy (non-hydrogen) atoms. The number of amides is 6. The molecule has 2 aromatic carbocycles. The summed E-state index contributed by atoms with van der Waals surface area (Å²) in [7, 11) is 1.48. The van der Waals surface area contributed by atoms with Crippen molar-refractivity contribution in [2.45, 2.75) is 51.4 Å². The van der Waals surface area contributed by atoms with Gasteiger partial charge >= 0.3 is 0 Å². The number of nitrogens with one attached hydrogen (secondary N) is 3. The molecular formula is C39H36ClN9O9. The first-order valence-corrected chi connectivity index (χ1v) is 19.2. The summed E-state index contributed by atoms with van der Waals surface area (Å²) in [5, 5.41) is 8.85. The second kappa shape index (κ2) is 14.4. The zero-order valence-corrected chi connectivity index (χ0v) is 31.9. The second-order valence-electron chi connectivity index (χ2n) is 14.7. The summed E-state index contributed by atoms with van der Waals surface area (Å²) in [6, 6.07) is 7.40. The van der Waals surface area contributed by atoms with Crippen molar-refractivity contribution in [1.82, 2.24) is 35.0 Å². The maximum Gasteiger partial charge on any atom is 0.293 e. The molecule has 4 aromatic rings. The Morgan fingerprint density at radius 3 is 2.38 bits per heavy atom. The van der Waals surface area contributed by atoms with Gasteiger partial charge in [0.2, 0.25) is 23.7 Å². The minimum atomic E-state index is -1.04. The molecule has 6 amide bonds. The Morgan fingerprint density at radius 2 is 1.69 bits per heavy atom. The van der Waals surface area contributed by atoms with Gasteiger partial charge < -0.3 is 29.9 Å². The third-order valence-electron chi connectivity index (χ3n) is 11.2. The minimum absolute atomic E-state index is 0.0201. The number of ether oxygens (including phenoxy) is 2. The summed E-state index contributed by atoms with van der Waals surface area (Å²) in [6.07, 6.45) is 2.72. The van der Waals surface area contributed by atoms with Crippen molar-refractivity contribution >= 4 is 75.4 Å².